The molecule has 5 rings (SSSR count). The van der Waals surface area contributed by atoms with Crippen LogP contribution in [0.3, 0.4) is 0 Å². The average Bonchev–Trinajstić information content (AvgIpc) is 2.99. The second-order valence-electron chi connectivity index (χ2n) is 9.51. The van der Waals surface area contributed by atoms with Gasteiger partial charge in [-0.05, 0) is 66.4 Å². The summed E-state index contributed by atoms with van der Waals surface area (Å²) in [5, 5.41) is 2.74. The van der Waals surface area contributed by atoms with Crippen LogP contribution in [0, 0.1) is 0 Å². The van der Waals surface area contributed by atoms with Crippen molar-refractivity contribution in [3.63, 3.8) is 0 Å². The van der Waals surface area contributed by atoms with E-state index < -0.39 is 20.0 Å². The number of rotatable bonds is 9. The molecule has 40 heavy (non-hydrogen) atoms. The first kappa shape index (κ1) is 28.1. The number of para-hydroxylation sites is 1. The van der Waals surface area contributed by atoms with E-state index in [1.165, 1.54) is 45.0 Å². The van der Waals surface area contributed by atoms with Gasteiger partial charge in [-0.15, -0.1) is 0 Å². The molecule has 0 atom stereocenters. The lowest BCUT2D eigenvalue weighted by molar-refractivity contribution is -0.123. The smallest absolute Gasteiger partial charge is 0.264 e. The van der Waals surface area contributed by atoms with Crippen molar-refractivity contribution in [2.24, 2.45) is 0 Å². The number of anilines is 1. The number of nitrogens with one attached hydrogen (secondary N) is 1. The Morgan fingerprint density at radius 2 is 1.48 bits per heavy atom. The molecular weight excluding hydrogens is 554 g/mol. The highest BCUT2D eigenvalue weighted by molar-refractivity contribution is 7.92. The van der Waals surface area contributed by atoms with Crippen LogP contribution in [-0.2, 0) is 42.5 Å². The van der Waals surface area contributed by atoms with E-state index in [0.717, 1.165) is 24.0 Å². The van der Waals surface area contributed by atoms with Gasteiger partial charge in [0.15, 0.2) is 6.61 Å². The van der Waals surface area contributed by atoms with Gasteiger partial charge in [0.2, 0.25) is 10.0 Å². The average molecular weight is 586 g/mol. The third-order valence-electron chi connectivity index (χ3n) is 6.87. The van der Waals surface area contributed by atoms with Crippen molar-refractivity contribution >= 4 is 31.6 Å². The number of hydrogen-bond acceptors (Lipinski definition) is 7. The van der Waals surface area contributed by atoms with Crippen LogP contribution in [-0.4, -0.2) is 66.5 Å². The predicted octanol–water partition coefficient (Wildman–Crippen LogP) is 2.54. The number of nitrogens with zero attached hydrogens (tertiary/aromatic N) is 2. The third kappa shape index (κ3) is 6.15. The van der Waals surface area contributed by atoms with Crippen LogP contribution >= 0.6 is 0 Å². The fourth-order valence-corrected chi connectivity index (χ4v) is 7.65. The van der Waals surface area contributed by atoms with E-state index in [-0.39, 0.29) is 28.8 Å². The van der Waals surface area contributed by atoms with Gasteiger partial charge in [0.05, 0.1) is 28.7 Å². The van der Waals surface area contributed by atoms with E-state index in [9.17, 15) is 21.6 Å². The molecule has 0 spiro atoms. The Labute approximate surface area is 234 Å². The van der Waals surface area contributed by atoms with E-state index in [1.807, 2.05) is 24.3 Å². The third-order valence-corrected chi connectivity index (χ3v) is 10.6. The van der Waals surface area contributed by atoms with Gasteiger partial charge in [0, 0.05) is 26.2 Å². The van der Waals surface area contributed by atoms with Crippen LogP contribution in [0.15, 0.2) is 82.6 Å². The molecule has 3 aromatic rings. The van der Waals surface area contributed by atoms with E-state index in [0.29, 0.717) is 44.3 Å². The Morgan fingerprint density at radius 3 is 2.20 bits per heavy atom. The summed E-state index contributed by atoms with van der Waals surface area (Å²) in [5.74, 6) is -0.00236. The molecule has 2 heterocycles. The molecule has 0 radical (unpaired) electrons. The molecule has 1 N–H and O–H groups in total. The molecule has 0 unspecified atom stereocenters. The quantitative estimate of drug-likeness (QED) is 0.410. The number of sulfonamides is 2. The lowest BCUT2D eigenvalue weighted by atomic mass is 10.0. The lowest BCUT2D eigenvalue weighted by Gasteiger charge is -2.30. The van der Waals surface area contributed by atoms with Gasteiger partial charge in [-0.3, -0.25) is 9.10 Å². The zero-order valence-electron chi connectivity index (χ0n) is 21.9. The summed E-state index contributed by atoms with van der Waals surface area (Å²) in [6.45, 7) is 1.77. The molecule has 1 fully saturated rings. The van der Waals surface area contributed by atoms with E-state index in [2.05, 4.69) is 5.32 Å². The Balaban J connectivity index is 1.13. The number of carbonyl (C=O) groups excluding carboxylic acids is 1. The number of ether oxygens (including phenoxy) is 2. The molecule has 2 aliphatic heterocycles. The van der Waals surface area contributed by atoms with Crippen LogP contribution in [0.1, 0.15) is 17.5 Å². The van der Waals surface area contributed by atoms with Crippen molar-refractivity contribution in [3.05, 3.63) is 83.9 Å². The van der Waals surface area contributed by atoms with Crippen LogP contribution in [0.4, 0.5) is 5.69 Å². The molecule has 0 aromatic heterocycles. The predicted molar refractivity (Wildman–Crippen MR) is 149 cm³/mol. The van der Waals surface area contributed by atoms with Crippen molar-refractivity contribution in [3.8, 4) is 5.75 Å². The maximum Gasteiger partial charge on any atom is 0.264 e. The molecule has 1 saturated heterocycles. The van der Waals surface area contributed by atoms with Crippen LogP contribution < -0.4 is 14.4 Å². The maximum absolute atomic E-state index is 13.3. The van der Waals surface area contributed by atoms with Gasteiger partial charge in [-0.25, -0.2) is 16.8 Å². The standard InChI is InChI=1S/C28H31N3O7S2/c32-28(29-20-22-7-11-25(12-8-22)39(33,34)30-16-18-37-19-17-30)21-38-24-9-13-26(14-10-24)40(35,36)31-15-3-5-23-4-1-2-6-27(23)31/h1-2,4,6-14H,3,5,15-21H2,(H,29,32). The van der Waals surface area contributed by atoms with E-state index in [1.54, 1.807) is 12.1 Å². The molecule has 3 aromatic carbocycles. The van der Waals surface area contributed by atoms with Crippen molar-refractivity contribution in [2.75, 3.05) is 43.8 Å². The lowest BCUT2D eigenvalue weighted by Crippen LogP contribution is -2.40. The summed E-state index contributed by atoms with van der Waals surface area (Å²) in [7, 11) is -7.30. The number of benzene rings is 3. The van der Waals surface area contributed by atoms with Gasteiger partial charge in [0.25, 0.3) is 15.9 Å². The molecule has 0 saturated carbocycles. The first-order valence-electron chi connectivity index (χ1n) is 13.0. The normalized spacial score (nSPS) is 16.2. The highest BCUT2D eigenvalue weighted by Crippen LogP contribution is 2.32. The summed E-state index contributed by atoms with van der Waals surface area (Å²) < 4.78 is 65.7. The fourth-order valence-electron chi connectivity index (χ4n) is 4.70. The molecule has 0 aliphatic carbocycles. The molecule has 12 heteroatoms. The monoisotopic (exact) mass is 585 g/mol. The number of morpholine rings is 1. The van der Waals surface area contributed by atoms with Gasteiger partial charge >= 0.3 is 0 Å². The zero-order valence-corrected chi connectivity index (χ0v) is 23.5. The number of amides is 1. The first-order chi connectivity index (χ1) is 19.2. The van der Waals surface area contributed by atoms with Crippen molar-refractivity contribution < 1.29 is 31.1 Å². The fraction of sp³-hybridized carbons (Fsp3) is 0.321. The topological polar surface area (TPSA) is 122 Å². The van der Waals surface area contributed by atoms with Gasteiger partial charge < -0.3 is 14.8 Å². The number of fused-ring (bicyclic) bond motifs is 1. The van der Waals surface area contributed by atoms with E-state index in [4.69, 9.17) is 9.47 Å². The minimum Gasteiger partial charge on any atom is -0.484 e. The number of hydrogen-bond donors (Lipinski definition) is 1. The number of aryl methyl sites for hydroxylation is 1. The van der Waals surface area contributed by atoms with Crippen LogP contribution in [0.5, 0.6) is 5.75 Å². The Morgan fingerprint density at radius 1 is 0.825 bits per heavy atom. The summed E-state index contributed by atoms with van der Waals surface area (Å²) in [4.78, 5) is 12.7. The molecule has 10 nitrogen and oxygen atoms in total. The second-order valence-corrected chi connectivity index (χ2v) is 13.3. The minimum atomic E-state index is -3.73. The summed E-state index contributed by atoms with van der Waals surface area (Å²) in [6.07, 6.45) is 1.60. The van der Waals surface area contributed by atoms with E-state index >= 15 is 0 Å². The summed E-state index contributed by atoms with van der Waals surface area (Å²) >= 11 is 0. The molecule has 1 amide bonds. The maximum atomic E-state index is 13.3. The van der Waals surface area contributed by atoms with Gasteiger partial charge in [-0.2, -0.15) is 4.31 Å². The van der Waals surface area contributed by atoms with Gasteiger partial charge in [-0.1, -0.05) is 30.3 Å². The van der Waals surface area contributed by atoms with Crippen molar-refractivity contribution in [2.45, 2.75) is 29.2 Å². The van der Waals surface area contributed by atoms with Crippen molar-refractivity contribution in [1.82, 2.24) is 9.62 Å². The highest BCUT2D eigenvalue weighted by atomic mass is 32.2. The summed E-state index contributed by atoms with van der Waals surface area (Å²) in [5.41, 5.74) is 2.46. The highest BCUT2D eigenvalue weighted by Gasteiger charge is 2.29. The summed E-state index contributed by atoms with van der Waals surface area (Å²) in [6, 6.07) is 19.9. The van der Waals surface area contributed by atoms with Crippen LogP contribution in [0.25, 0.3) is 0 Å². The van der Waals surface area contributed by atoms with Crippen molar-refractivity contribution in [1.29, 1.82) is 0 Å². The Kier molecular flexibility index (Phi) is 8.40. The SMILES string of the molecule is O=C(COc1ccc(S(=O)(=O)N2CCCc3ccccc32)cc1)NCc1ccc(S(=O)(=O)N2CCOCC2)cc1. The number of carbonyl (C=O) groups is 1. The Hall–Kier alpha value is -3.45. The molecule has 212 valence electrons. The second kappa shape index (κ2) is 12.0. The molecule has 2 aliphatic rings. The molecular formula is C28H31N3O7S2. The minimum absolute atomic E-state index is 0.153. The largest absolute Gasteiger partial charge is 0.484 e. The Bertz CT molecular complexity index is 1550. The first-order valence-corrected chi connectivity index (χ1v) is 15.9. The molecule has 0 bridgehead atoms. The zero-order chi connectivity index (χ0) is 28.2. The van der Waals surface area contributed by atoms with Gasteiger partial charge in [0.1, 0.15) is 5.75 Å². The van der Waals surface area contributed by atoms with Crippen LogP contribution in [0.2, 0.25) is 0 Å².